The average molecular weight is 440 g/mol. The van der Waals surface area contributed by atoms with Gasteiger partial charge < -0.3 is 0 Å². The first kappa shape index (κ1) is 19.3. The normalized spacial score (nSPS) is 16.8. The van der Waals surface area contributed by atoms with Crippen LogP contribution in [0.1, 0.15) is 27.2 Å². The van der Waals surface area contributed by atoms with Crippen LogP contribution in [0.3, 0.4) is 0 Å². The van der Waals surface area contributed by atoms with Crippen LogP contribution in [-0.2, 0) is 4.74 Å². The molecule has 2 rings (SSSR count). The Morgan fingerprint density at radius 1 is 1.12 bits per heavy atom. The molecule has 0 aliphatic carbocycles. The van der Waals surface area contributed by atoms with Gasteiger partial charge in [-0.2, -0.15) is 0 Å². The van der Waals surface area contributed by atoms with E-state index >= 15 is 0 Å². The fourth-order valence-corrected chi connectivity index (χ4v) is 5.67. The van der Waals surface area contributed by atoms with Gasteiger partial charge in [-0.15, -0.1) is 0 Å². The summed E-state index contributed by atoms with van der Waals surface area (Å²) in [5.74, 6) is 0. The van der Waals surface area contributed by atoms with Crippen LogP contribution < -0.4 is 8.48 Å². The number of amides is 1. The van der Waals surface area contributed by atoms with Crippen LogP contribution in [0.4, 0.5) is 10.5 Å². The summed E-state index contributed by atoms with van der Waals surface area (Å²) >= 11 is -2.12. The van der Waals surface area contributed by atoms with Crippen molar-refractivity contribution in [2.75, 3.05) is 31.1 Å². The van der Waals surface area contributed by atoms with E-state index in [1.54, 1.807) is 0 Å². The molecule has 0 aromatic carbocycles. The van der Waals surface area contributed by atoms with Crippen molar-refractivity contribution < 1.29 is 9.53 Å². The number of carbonyl (C=O) groups excluding carboxylic acids is 1. The second-order valence-corrected chi connectivity index (χ2v) is 23.0. The number of pyridine rings is 1. The summed E-state index contributed by atoms with van der Waals surface area (Å²) in [5, 5.41) is 0. The van der Waals surface area contributed by atoms with Crippen LogP contribution in [0.5, 0.6) is 0 Å². The van der Waals surface area contributed by atoms with Crippen LogP contribution in [-0.4, -0.2) is 66.1 Å². The molecular formula is C18H31N3O2Sn. The van der Waals surface area contributed by atoms with Crippen LogP contribution in [0, 0.1) is 0 Å². The van der Waals surface area contributed by atoms with E-state index in [9.17, 15) is 4.79 Å². The quantitative estimate of drug-likeness (QED) is 0.664. The molecule has 0 atom stereocenters. The number of anilines is 1. The van der Waals surface area contributed by atoms with E-state index in [1.807, 2.05) is 38.1 Å². The molecule has 0 radical (unpaired) electrons. The third kappa shape index (κ3) is 5.53. The van der Waals surface area contributed by atoms with Crippen molar-refractivity contribution in [2.45, 2.75) is 47.6 Å². The first-order chi connectivity index (χ1) is 11.1. The first-order valence-corrected chi connectivity index (χ1v) is 18.7. The molecule has 6 heteroatoms. The third-order valence-corrected chi connectivity index (χ3v) is 9.83. The van der Waals surface area contributed by atoms with E-state index in [0.717, 1.165) is 26.1 Å². The Morgan fingerprint density at radius 2 is 1.83 bits per heavy atom. The van der Waals surface area contributed by atoms with Crippen molar-refractivity contribution in [1.29, 1.82) is 0 Å². The zero-order chi connectivity index (χ0) is 18.0. The summed E-state index contributed by atoms with van der Waals surface area (Å²) in [6.07, 6.45) is 4.72. The van der Waals surface area contributed by atoms with Crippen molar-refractivity contribution in [3.8, 4) is 0 Å². The Labute approximate surface area is 150 Å². The second kappa shape index (κ2) is 7.50. The summed E-state index contributed by atoms with van der Waals surface area (Å²) in [6.45, 7) is 8.93. The van der Waals surface area contributed by atoms with Gasteiger partial charge in [0.2, 0.25) is 0 Å². The number of hydrogen-bond donors (Lipinski definition) is 0. The van der Waals surface area contributed by atoms with E-state index in [2.05, 4.69) is 30.8 Å². The van der Waals surface area contributed by atoms with E-state index in [-0.39, 0.29) is 6.09 Å². The number of carbonyl (C=O) groups is 1. The molecule has 134 valence electrons. The molecule has 1 fully saturated rings. The van der Waals surface area contributed by atoms with E-state index in [4.69, 9.17) is 4.74 Å². The number of aromatic nitrogens is 1. The molecule has 0 N–H and O–H groups in total. The van der Waals surface area contributed by atoms with Crippen LogP contribution >= 0.6 is 0 Å². The van der Waals surface area contributed by atoms with Crippen molar-refractivity contribution >= 4 is 33.7 Å². The molecule has 0 unspecified atom stereocenters. The zero-order valence-corrected chi connectivity index (χ0v) is 18.8. The Morgan fingerprint density at radius 3 is 2.46 bits per heavy atom. The molecular weight excluding hydrogens is 409 g/mol. The molecule has 0 saturated carbocycles. The number of ether oxygens (including phenoxy) is 1. The van der Waals surface area contributed by atoms with Gasteiger partial charge >= 0.3 is 150 Å². The van der Waals surface area contributed by atoms with Gasteiger partial charge in [0.1, 0.15) is 0 Å². The van der Waals surface area contributed by atoms with E-state index < -0.39 is 24.0 Å². The number of nitrogens with zero attached hydrogens (tertiary/aromatic N) is 3. The van der Waals surface area contributed by atoms with Gasteiger partial charge in [0.05, 0.1) is 0 Å². The van der Waals surface area contributed by atoms with Gasteiger partial charge in [0.15, 0.2) is 0 Å². The molecule has 1 saturated heterocycles. The first-order valence-electron chi connectivity index (χ1n) is 8.75. The van der Waals surface area contributed by atoms with Crippen molar-refractivity contribution in [3.05, 3.63) is 18.5 Å². The molecule has 1 aliphatic heterocycles. The second-order valence-electron chi connectivity index (χ2n) is 8.49. The topological polar surface area (TPSA) is 45.7 Å². The maximum atomic E-state index is 12.3. The summed E-state index contributed by atoms with van der Waals surface area (Å²) in [7, 11) is 0. The van der Waals surface area contributed by atoms with Crippen LogP contribution in [0.15, 0.2) is 18.5 Å². The summed E-state index contributed by atoms with van der Waals surface area (Å²) in [4.78, 5) is 28.1. The van der Waals surface area contributed by atoms with Crippen LogP contribution in [0.2, 0.25) is 14.8 Å². The molecule has 1 aromatic heterocycles. The molecule has 0 bridgehead atoms. The van der Waals surface area contributed by atoms with Crippen LogP contribution in [0.25, 0.3) is 0 Å². The zero-order valence-electron chi connectivity index (χ0n) is 15.9. The standard InChI is InChI=1S/C15H22N3O2.3CH3.Sn/c1-15(2,3)20-14(19)18-9-5-8-17(10-11-18)13-6-4-7-16-12-13;;;;/h6-7,12H,5,8-11H2,1-3H3;3*1H3;. The van der Waals surface area contributed by atoms with Gasteiger partial charge in [-0.25, -0.2) is 0 Å². The molecule has 1 aliphatic rings. The Hall–Kier alpha value is -0.981. The van der Waals surface area contributed by atoms with E-state index in [1.165, 1.54) is 9.27 Å². The Kier molecular flexibility index (Phi) is 6.04. The van der Waals surface area contributed by atoms with Gasteiger partial charge in [0.25, 0.3) is 0 Å². The minimum atomic E-state index is -2.12. The molecule has 0 spiro atoms. The van der Waals surface area contributed by atoms with Crippen molar-refractivity contribution in [3.63, 3.8) is 0 Å². The molecule has 2 heterocycles. The summed E-state index contributed by atoms with van der Waals surface area (Å²) < 4.78 is 6.94. The number of rotatable bonds is 2. The summed E-state index contributed by atoms with van der Waals surface area (Å²) in [5.41, 5.74) is 0.742. The molecule has 1 aromatic rings. The molecule has 5 nitrogen and oxygen atoms in total. The van der Waals surface area contributed by atoms with Gasteiger partial charge in [0, 0.05) is 0 Å². The third-order valence-electron chi connectivity index (χ3n) is 4.10. The summed E-state index contributed by atoms with van der Waals surface area (Å²) in [6, 6.07) is 2.31. The maximum absolute atomic E-state index is 12.3. The van der Waals surface area contributed by atoms with Crippen molar-refractivity contribution in [1.82, 2.24) is 9.88 Å². The fourth-order valence-electron chi connectivity index (χ4n) is 2.70. The Balaban J connectivity index is 2.05. The van der Waals surface area contributed by atoms with Gasteiger partial charge in [-0.3, -0.25) is 0 Å². The van der Waals surface area contributed by atoms with Crippen molar-refractivity contribution in [2.24, 2.45) is 0 Å². The SMILES string of the molecule is CC(C)(C)OC(=O)N1CCCN(c2cnc[c]([Sn]([CH3])([CH3])[CH3])c2)CC1. The fraction of sp³-hybridized carbons (Fsp3) is 0.667. The predicted octanol–water partition coefficient (Wildman–Crippen LogP) is 3.07. The monoisotopic (exact) mass is 441 g/mol. The Bertz CT molecular complexity index is 578. The predicted molar refractivity (Wildman–Crippen MR) is 102 cm³/mol. The van der Waals surface area contributed by atoms with Gasteiger partial charge in [-0.05, 0) is 0 Å². The molecule has 1 amide bonds. The van der Waals surface area contributed by atoms with E-state index in [0.29, 0.717) is 6.54 Å². The molecule has 24 heavy (non-hydrogen) atoms. The van der Waals surface area contributed by atoms with Gasteiger partial charge in [-0.1, -0.05) is 0 Å². The minimum absolute atomic E-state index is 0.206. The number of hydrogen-bond acceptors (Lipinski definition) is 4. The average Bonchev–Trinajstić information content (AvgIpc) is 2.70.